The summed E-state index contributed by atoms with van der Waals surface area (Å²) in [6.07, 6.45) is 0. The number of rotatable bonds is 5. The number of benzene rings is 2. The van der Waals surface area contributed by atoms with Crippen molar-refractivity contribution in [1.82, 2.24) is 15.5 Å². The van der Waals surface area contributed by atoms with Gasteiger partial charge >= 0.3 is 6.03 Å². The highest BCUT2D eigenvalue weighted by molar-refractivity contribution is 6.32. The van der Waals surface area contributed by atoms with Gasteiger partial charge in [0.2, 0.25) is 5.91 Å². The summed E-state index contributed by atoms with van der Waals surface area (Å²) in [7, 11) is 1.52. The third kappa shape index (κ3) is 3.93. The van der Waals surface area contributed by atoms with E-state index in [0.717, 1.165) is 4.90 Å². The van der Waals surface area contributed by atoms with Crippen molar-refractivity contribution >= 4 is 41.0 Å². The van der Waals surface area contributed by atoms with E-state index in [1.165, 1.54) is 7.05 Å². The van der Waals surface area contributed by atoms with Gasteiger partial charge in [-0.15, -0.1) is 0 Å². The van der Waals surface area contributed by atoms with Gasteiger partial charge in [-0.25, -0.2) is 4.79 Å². The summed E-state index contributed by atoms with van der Waals surface area (Å²) >= 11 is 6.18. The smallest absolute Gasteiger partial charge is 0.325 e. The number of carbonyl (C=O) groups excluding carboxylic acids is 4. The first-order valence-corrected chi connectivity index (χ1v) is 9.15. The Bertz CT molecular complexity index is 992. The van der Waals surface area contributed by atoms with Crippen LogP contribution in [0.5, 0.6) is 0 Å². The van der Waals surface area contributed by atoms with Gasteiger partial charge in [0.15, 0.2) is 0 Å². The zero-order valence-electron chi connectivity index (χ0n) is 15.8. The molecule has 150 valence electrons. The van der Waals surface area contributed by atoms with Crippen molar-refractivity contribution in [3.05, 3.63) is 64.7 Å². The van der Waals surface area contributed by atoms with E-state index in [4.69, 9.17) is 11.6 Å². The van der Waals surface area contributed by atoms with Crippen molar-refractivity contribution in [1.29, 1.82) is 0 Å². The van der Waals surface area contributed by atoms with E-state index < -0.39 is 29.9 Å². The van der Waals surface area contributed by atoms with Crippen LogP contribution in [0.25, 0.3) is 0 Å². The summed E-state index contributed by atoms with van der Waals surface area (Å²) in [4.78, 5) is 50.0. The molecule has 1 heterocycles. The number of amides is 5. The molecule has 3 rings (SSSR count). The molecule has 0 bridgehead atoms. The first-order chi connectivity index (χ1) is 13.8. The van der Waals surface area contributed by atoms with E-state index in [2.05, 4.69) is 16.0 Å². The van der Waals surface area contributed by atoms with Gasteiger partial charge in [-0.2, -0.15) is 0 Å². The minimum atomic E-state index is -1.36. The molecule has 8 nitrogen and oxygen atoms in total. The molecule has 1 atom stereocenters. The van der Waals surface area contributed by atoms with Crippen LogP contribution in [0.1, 0.15) is 22.8 Å². The minimum absolute atomic E-state index is 0.249. The third-order valence-corrected chi connectivity index (χ3v) is 4.98. The molecule has 0 spiro atoms. The van der Waals surface area contributed by atoms with Crippen LogP contribution in [-0.4, -0.2) is 42.2 Å². The van der Waals surface area contributed by atoms with Crippen LogP contribution in [0.4, 0.5) is 10.5 Å². The first-order valence-electron chi connectivity index (χ1n) is 8.77. The fraction of sp³-hybridized carbons (Fsp3) is 0.200. The second kappa shape index (κ2) is 7.92. The molecule has 3 N–H and O–H groups in total. The summed E-state index contributed by atoms with van der Waals surface area (Å²) in [6, 6.07) is 12.2. The lowest BCUT2D eigenvalue weighted by molar-refractivity contribution is -0.133. The average Bonchev–Trinajstić information content (AvgIpc) is 2.92. The van der Waals surface area contributed by atoms with Crippen molar-refractivity contribution in [2.75, 3.05) is 18.9 Å². The fourth-order valence-electron chi connectivity index (χ4n) is 3.08. The second-order valence-electron chi connectivity index (χ2n) is 6.63. The van der Waals surface area contributed by atoms with Crippen LogP contribution in [-0.2, 0) is 15.1 Å². The first kappa shape index (κ1) is 20.3. The van der Waals surface area contributed by atoms with Gasteiger partial charge in [-0.05, 0) is 37.3 Å². The minimum Gasteiger partial charge on any atom is -0.355 e. The van der Waals surface area contributed by atoms with Crippen molar-refractivity contribution in [2.24, 2.45) is 0 Å². The molecule has 29 heavy (non-hydrogen) atoms. The molecule has 1 saturated heterocycles. The number of hydrogen-bond donors (Lipinski definition) is 3. The maximum atomic E-state index is 12.9. The van der Waals surface area contributed by atoms with Gasteiger partial charge in [0.25, 0.3) is 11.8 Å². The van der Waals surface area contributed by atoms with E-state index >= 15 is 0 Å². The molecule has 1 fully saturated rings. The van der Waals surface area contributed by atoms with Crippen molar-refractivity contribution < 1.29 is 19.2 Å². The Labute approximate surface area is 172 Å². The molecular formula is C20H19ClN4O4. The maximum Gasteiger partial charge on any atom is 0.325 e. The number of imide groups is 1. The second-order valence-corrected chi connectivity index (χ2v) is 7.04. The molecule has 2 aromatic carbocycles. The number of carbonyl (C=O) groups is 4. The lowest BCUT2D eigenvalue weighted by atomic mass is 9.92. The molecule has 0 radical (unpaired) electrons. The molecule has 1 aliphatic rings. The molecule has 0 aromatic heterocycles. The molecule has 1 aliphatic heterocycles. The van der Waals surface area contributed by atoms with E-state index in [9.17, 15) is 19.2 Å². The van der Waals surface area contributed by atoms with E-state index in [-0.39, 0.29) is 5.91 Å². The Morgan fingerprint density at radius 2 is 1.76 bits per heavy atom. The van der Waals surface area contributed by atoms with Crippen LogP contribution in [0.3, 0.4) is 0 Å². The highest BCUT2D eigenvalue weighted by Crippen LogP contribution is 2.33. The fourth-order valence-corrected chi connectivity index (χ4v) is 3.41. The van der Waals surface area contributed by atoms with Gasteiger partial charge in [0, 0.05) is 28.9 Å². The average molecular weight is 415 g/mol. The number of urea groups is 1. The normalized spacial score (nSPS) is 18.4. The molecule has 0 aliphatic carbocycles. The number of anilines is 1. The van der Waals surface area contributed by atoms with E-state index in [1.807, 2.05) is 0 Å². The van der Waals surface area contributed by atoms with E-state index in [0.29, 0.717) is 21.8 Å². The van der Waals surface area contributed by atoms with Crippen molar-refractivity contribution in [2.45, 2.75) is 12.5 Å². The Balaban J connectivity index is 1.71. The quantitative estimate of drug-likeness (QED) is 0.651. The molecule has 9 heteroatoms. The molecule has 0 saturated carbocycles. The molecule has 2 aromatic rings. The Kier molecular flexibility index (Phi) is 5.56. The zero-order chi connectivity index (χ0) is 21.2. The monoisotopic (exact) mass is 414 g/mol. The lowest BCUT2D eigenvalue weighted by Crippen LogP contribution is -2.42. The molecule has 5 amide bonds. The Morgan fingerprint density at radius 1 is 1.10 bits per heavy atom. The number of hydrogen-bond acceptors (Lipinski definition) is 4. The summed E-state index contributed by atoms with van der Waals surface area (Å²) in [5, 5.41) is 8.05. The Morgan fingerprint density at radius 3 is 2.38 bits per heavy atom. The van der Waals surface area contributed by atoms with Crippen LogP contribution >= 0.6 is 11.6 Å². The van der Waals surface area contributed by atoms with Crippen LogP contribution in [0.2, 0.25) is 5.02 Å². The maximum absolute atomic E-state index is 12.9. The number of nitrogens with one attached hydrogen (secondary N) is 3. The largest absolute Gasteiger partial charge is 0.355 e. The number of nitrogens with zero attached hydrogens (tertiary/aromatic N) is 1. The molecule has 0 unspecified atom stereocenters. The van der Waals surface area contributed by atoms with Crippen molar-refractivity contribution in [3.8, 4) is 0 Å². The summed E-state index contributed by atoms with van der Waals surface area (Å²) < 4.78 is 0. The summed E-state index contributed by atoms with van der Waals surface area (Å²) in [6.45, 7) is 1.09. The SMILES string of the molecule is CNC(=O)c1ccc(NC(=O)CN2C(=O)N[C@](C)(c3ccccc3Cl)C2=O)cc1. The topological polar surface area (TPSA) is 108 Å². The van der Waals surface area contributed by atoms with Crippen LogP contribution < -0.4 is 16.0 Å². The third-order valence-electron chi connectivity index (χ3n) is 4.65. The van der Waals surface area contributed by atoms with Crippen molar-refractivity contribution in [3.63, 3.8) is 0 Å². The zero-order valence-corrected chi connectivity index (χ0v) is 16.5. The number of halogens is 1. The highest BCUT2D eigenvalue weighted by Gasteiger charge is 2.50. The predicted octanol–water partition coefficient (Wildman–Crippen LogP) is 2.11. The molecular weight excluding hydrogens is 396 g/mol. The standard InChI is InChI=1S/C20H19ClN4O4/c1-20(14-5-3-4-6-15(14)21)18(28)25(19(29)24-20)11-16(26)23-13-9-7-12(8-10-13)17(27)22-2/h3-10H,11H2,1-2H3,(H,22,27)(H,23,26)(H,24,29)/t20-/m1/s1. The summed E-state index contributed by atoms with van der Waals surface area (Å²) in [5.74, 6) is -1.37. The van der Waals surface area contributed by atoms with Gasteiger partial charge in [0.05, 0.1) is 0 Å². The van der Waals surface area contributed by atoms with Gasteiger partial charge in [0.1, 0.15) is 12.1 Å². The summed E-state index contributed by atoms with van der Waals surface area (Å²) in [5.41, 5.74) is -0.0309. The highest BCUT2D eigenvalue weighted by atomic mass is 35.5. The van der Waals surface area contributed by atoms with Gasteiger partial charge in [-0.3, -0.25) is 19.3 Å². The van der Waals surface area contributed by atoms with Gasteiger partial charge < -0.3 is 16.0 Å². The van der Waals surface area contributed by atoms with Gasteiger partial charge in [-0.1, -0.05) is 29.8 Å². The Hall–Kier alpha value is -3.39. The van der Waals surface area contributed by atoms with Crippen LogP contribution in [0, 0.1) is 0 Å². The lowest BCUT2D eigenvalue weighted by Gasteiger charge is -2.23. The predicted molar refractivity (Wildman–Crippen MR) is 108 cm³/mol. The van der Waals surface area contributed by atoms with Crippen LogP contribution in [0.15, 0.2) is 48.5 Å². The van der Waals surface area contributed by atoms with E-state index in [1.54, 1.807) is 55.5 Å².